The van der Waals surface area contributed by atoms with Gasteiger partial charge in [-0.15, -0.1) is 0 Å². The average molecular weight is 444 g/mol. The summed E-state index contributed by atoms with van der Waals surface area (Å²) < 4.78 is 58.2. The minimum atomic E-state index is -3.09. The SMILES string of the molecule is Cc1ccc(NC(=O)c2cnn3c(C(F)F)cc(-c4ccccc4)nc23)c(OC(F)F)c1. The molecule has 1 amide bonds. The molecule has 2 aromatic heterocycles. The van der Waals surface area contributed by atoms with E-state index in [2.05, 4.69) is 20.1 Å². The minimum absolute atomic E-state index is 0.00597. The highest BCUT2D eigenvalue weighted by molar-refractivity contribution is 6.08. The summed E-state index contributed by atoms with van der Waals surface area (Å²) in [6, 6.07) is 14.2. The molecule has 0 saturated heterocycles. The number of ether oxygens (including phenoxy) is 1. The Morgan fingerprint density at radius 3 is 2.50 bits per heavy atom. The predicted molar refractivity (Wildman–Crippen MR) is 109 cm³/mol. The number of alkyl halides is 4. The lowest BCUT2D eigenvalue weighted by molar-refractivity contribution is -0.0494. The van der Waals surface area contributed by atoms with E-state index in [-0.39, 0.29) is 28.3 Å². The quantitative estimate of drug-likeness (QED) is 0.399. The van der Waals surface area contributed by atoms with Crippen LogP contribution >= 0.6 is 0 Å². The second-order valence-corrected chi connectivity index (χ2v) is 6.86. The molecule has 0 aliphatic rings. The maximum atomic E-state index is 13.7. The van der Waals surface area contributed by atoms with Gasteiger partial charge in [-0.2, -0.15) is 13.9 Å². The number of amides is 1. The molecule has 0 aliphatic heterocycles. The fraction of sp³-hybridized carbons (Fsp3) is 0.136. The summed E-state index contributed by atoms with van der Waals surface area (Å²) in [5.41, 5.74) is 0.815. The van der Waals surface area contributed by atoms with Gasteiger partial charge in [-0.25, -0.2) is 18.3 Å². The van der Waals surface area contributed by atoms with E-state index >= 15 is 0 Å². The number of carbonyl (C=O) groups is 1. The van der Waals surface area contributed by atoms with Crippen molar-refractivity contribution in [3.63, 3.8) is 0 Å². The van der Waals surface area contributed by atoms with Crippen LogP contribution in [0.2, 0.25) is 0 Å². The number of hydrogen-bond donors (Lipinski definition) is 1. The number of fused-ring (bicyclic) bond motifs is 1. The molecule has 0 saturated carbocycles. The van der Waals surface area contributed by atoms with E-state index in [1.54, 1.807) is 43.3 Å². The van der Waals surface area contributed by atoms with E-state index in [1.165, 1.54) is 18.2 Å². The first-order valence-electron chi connectivity index (χ1n) is 9.42. The van der Waals surface area contributed by atoms with Crippen molar-refractivity contribution >= 4 is 17.2 Å². The lowest BCUT2D eigenvalue weighted by Crippen LogP contribution is -2.14. The van der Waals surface area contributed by atoms with Crippen molar-refractivity contribution in [2.45, 2.75) is 20.0 Å². The van der Waals surface area contributed by atoms with Crippen LogP contribution in [0.5, 0.6) is 5.75 Å². The largest absolute Gasteiger partial charge is 0.433 e. The third-order valence-electron chi connectivity index (χ3n) is 4.64. The summed E-state index contributed by atoms with van der Waals surface area (Å²) in [6.45, 7) is -1.41. The first-order chi connectivity index (χ1) is 15.3. The molecule has 10 heteroatoms. The summed E-state index contributed by atoms with van der Waals surface area (Å²) in [6.07, 6.45) is -1.78. The lowest BCUT2D eigenvalue weighted by atomic mass is 10.1. The monoisotopic (exact) mass is 444 g/mol. The van der Waals surface area contributed by atoms with Gasteiger partial charge in [0, 0.05) is 5.56 Å². The van der Waals surface area contributed by atoms with Crippen molar-refractivity contribution in [1.82, 2.24) is 14.6 Å². The summed E-state index contributed by atoms with van der Waals surface area (Å²) in [5.74, 6) is -0.989. The first kappa shape index (κ1) is 21.3. The molecular formula is C22H16F4N4O2. The zero-order valence-corrected chi connectivity index (χ0v) is 16.6. The van der Waals surface area contributed by atoms with Gasteiger partial charge in [0.25, 0.3) is 12.3 Å². The number of carbonyl (C=O) groups excluding carboxylic acids is 1. The molecule has 0 aliphatic carbocycles. The summed E-state index contributed by atoms with van der Waals surface area (Å²) in [5, 5.41) is 6.35. The van der Waals surface area contributed by atoms with Crippen molar-refractivity contribution < 1.29 is 27.1 Å². The van der Waals surface area contributed by atoms with E-state index in [0.29, 0.717) is 11.1 Å². The van der Waals surface area contributed by atoms with Crippen LogP contribution in [0.1, 0.15) is 28.0 Å². The number of nitrogens with zero attached hydrogens (tertiary/aromatic N) is 3. The molecule has 0 bridgehead atoms. The molecule has 4 aromatic rings. The Balaban J connectivity index is 1.77. The zero-order chi connectivity index (χ0) is 22.8. The third kappa shape index (κ3) is 4.25. The van der Waals surface area contributed by atoms with Crippen molar-refractivity contribution in [2.24, 2.45) is 0 Å². The van der Waals surface area contributed by atoms with Crippen molar-refractivity contribution in [3.05, 3.63) is 77.6 Å². The van der Waals surface area contributed by atoms with Gasteiger partial charge >= 0.3 is 6.61 Å². The van der Waals surface area contributed by atoms with Gasteiger partial charge in [-0.05, 0) is 30.7 Å². The van der Waals surface area contributed by atoms with Crippen LogP contribution < -0.4 is 10.1 Å². The smallest absolute Gasteiger partial charge is 0.387 e. The molecule has 0 radical (unpaired) electrons. The highest BCUT2D eigenvalue weighted by atomic mass is 19.3. The van der Waals surface area contributed by atoms with Crippen LogP contribution in [-0.2, 0) is 0 Å². The zero-order valence-electron chi connectivity index (χ0n) is 16.6. The van der Waals surface area contributed by atoms with Gasteiger partial charge < -0.3 is 10.1 Å². The highest BCUT2D eigenvalue weighted by Gasteiger charge is 2.22. The maximum absolute atomic E-state index is 13.7. The minimum Gasteiger partial charge on any atom is -0.433 e. The van der Waals surface area contributed by atoms with E-state index in [0.717, 1.165) is 10.7 Å². The van der Waals surface area contributed by atoms with E-state index in [1.807, 2.05) is 0 Å². The Morgan fingerprint density at radius 1 is 1.06 bits per heavy atom. The first-order valence-corrected chi connectivity index (χ1v) is 9.42. The normalized spacial score (nSPS) is 11.3. The molecule has 2 heterocycles. The van der Waals surface area contributed by atoms with E-state index < -0.39 is 24.6 Å². The summed E-state index contributed by atoms with van der Waals surface area (Å²) in [4.78, 5) is 17.3. The van der Waals surface area contributed by atoms with Crippen LogP contribution in [0.25, 0.3) is 16.9 Å². The second kappa shape index (κ2) is 8.66. The molecular weight excluding hydrogens is 428 g/mol. The van der Waals surface area contributed by atoms with Gasteiger partial charge in [0.05, 0.1) is 17.6 Å². The number of nitrogens with one attached hydrogen (secondary N) is 1. The third-order valence-corrected chi connectivity index (χ3v) is 4.64. The number of aromatic nitrogens is 3. The molecule has 0 spiro atoms. The molecule has 2 aromatic carbocycles. The van der Waals surface area contributed by atoms with E-state index in [4.69, 9.17) is 0 Å². The fourth-order valence-electron chi connectivity index (χ4n) is 3.17. The number of aryl methyl sites for hydroxylation is 1. The van der Waals surface area contributed by atoms with Gasteiger partial charge in [0.1, 0.15) is 17.0 Å². The molecule has 0 unspecified atom stereocenters. The maximum Gasteiger partial charge on any atom is 0.387 e. The Bertz CT molecular complexity index is 1280. The molecule has 0 atom stereocenters. The molecule has 6 nitrogen and oxygen atoms in total. The summed E-state index contributed by atoms with van der Waals surface area (Å²) >= 11 is 0. The number of benzene rings is 2. The predicted octanol–water partition coefficient (Wildman–Crippen LogP) is 5.50. The van der Waals surface area contributed by atoms with Gasteiger partial charge in [-0.1, -0.05) is 36.4 Å². The molecule has 32 heavy (non-hydrogen) atoms. The highest BCUT2D eigenvalue weighted by Crippen LogP contribution is 2.30. The van der Waals surface area contributed by atoms with Crippen LogP contribution in [-0.4, -0.2) is 27.1 Å². The molecule has 1 N–H and O–H groups in total. The lowest BCUT2D eigenvalue weighted by Gasteiger charge is -2.12. The number of halogens is 4. The fourth-order valence-corrected chi connectivity index (χ4v) is 3.17. The van der Waals surface area contributed by atoms with Crippen LogP contribution in [0, 0.1) is 6.92 Å². The van der Waals surface area contributed by atoms with Crippen LogP contribution in [0.3, 0.4) is 0 Å². The Hall–Kier alpha value is -3.95. The topological polar surface area (TPSA) is 68.5 Å². The van der Waals surface area contributed by atoms with E-state index in [9.17, 15) is 22.4 Å². The van der Waals surface area contributed by atoms with Gasteiger partial charge in [0.15, 0.2) is 5.65 Å². The summed E-state index contributed by atoms with van der Waals surface area (Å²) in [7, 11) is 0. The van der Waals surface area contributed by atoms with Crippen molar-refractivity contribution in [2.75, 3.05) is 5.32 Å². The number of rotatable bonds is 6. The van der Waals surface area contributed by atoms with Crippen molar-refractivity contribution in [1.29, 1.82) is 0 Å². The van der Waals surface area contributed by atoms with Crippen LogP contribution in [0.4, 0.5) is 23.2 Å². The number of hydrogen-bond acceptors (Lipinski definition) is 4. The molecule has 0 fully saturated rings. The number of anilines is 1. The van der Waals surface area contributed by atoms with Crippen molar-refractivity contribution in [3.8, 4) is 17.0 Å². The molecule has 4 rings (SSSR count). The van der Waals surface area contributed by atoms with Gasteiger partial charge in [-0.3, -0.25) is 4.79 Å². The Kier molecular flexibility index (Phi) is 5.76. The van der Waals surface area contributed by atoms with Crippen LogP contribution in [0.15, 0.2) is 60.8 Å². The molecule has 164 valence electrons. The average Bonchev–Trinajstić information content (AvgIpc) is 3.19. The van der Waals surface area contributed by atoms with Gasteiger partial charge in [0.2, 0.25) is 0 Å². The standard InChI is InChI=1S/C22H16F4N4O2/c1-12-7-8-15(18(9-12)32-22(25)26)29-21(31)14-11-27-30-17(19(23)24)10-16(28-20(14)30)13-5-3-2-4-6-13/h2-11,19,22H,1H3,(H,29,31). The second-order valence-electron chi connectivity index (χ2n) is 6.86. The Labute approximate surface area is 179 Å². The Morgan fingerprint density at radius 2 is 1.81 bits per heavy atom.